The molecule has 1 aliphatic heterocycles. The van der Waals surface area contributed by atoms with Crippen LogP contribution in [-0.4, -0.2) is 29.6 Å². The van der Waals surface area contributed by atoms with E-state index >= 15 is 0 Å². The van der Waals surface area contributed by atoms with Crippen LogP contribution in [0.2, 0.25) is 0 Å². The lowest BCUT2D eigenvalue weighted by Gasteiger charge is -2.26. The van der Waals surface area contributed by atoms with Gasteiger partial charge in [0.25, 0.3) is 0 Å². The van der Waals surface area contributed by atoms with Gasteiger partial charge in [-0.1, -0.05) is 18.2 Å². The average Bonchev–Trinajstić information content (AvgIpc) is 2.73. The van der Waals surface area contributed by atoms with Gasteiger partial charge in [0, 0.05) is 43.2 Å². The van der Waals surface area contributed by atoms with Crippen LogP contribution in [-0.2, 0) is 30.0 Å². The van der Waals surface area contributed by atoms with Crippen molar-refractivity contribution in [2.75, 3.05) is 12.3 Å². The second kappa shape index (κ2) is 4.35. The van der Waals surface area contributed by atoms with Gasteiger partial charge in [0.1, 0.15) is 0 Å². The summed E-state index contributed by atoms with van der Waals surface area (Å²) in [5.41, 5.74) is 3.62. The largest absolute Gasteiger partial charge is 0.347 e. The summed E-state index contributed by atoms with van der Waals surface area (Å²) in [7, 11) is -1.04. The van der Waals surface area contributed by atoms with Crippen LogP contribution < -0.4 is 0 Å². The van der Waals surface area contributed by atoms with Gasteiger partial charge in [-0.2, -0.15) is 4.31 Å². The van der Waals surface area contributed by atoms with E-state index in [0.717, 1.165) is 6.42 Å². The van der Waals surface area contributed by atoms with Crippen molar-refractivity contribution in [3.63, 3.8) is 0 Å². The summed E-state index contributed by atoms with van der Waals surface area (Å²) < 4.78 is 27.9. The molecule has 102 valence electrons. The Morgan fingerprint density at radius 1 is 1.26 bits per heavy atom. The van der Waals surface area contributed by atoms with E-state index in [1.54, 1.807) is 11.2 Å². The van der Waals surface area contributed by atoms with Crippen LogP contribution in [0.1, 0.15) is 18.2 Å². The van der Waals surface area contributed by atoms with Crippen molar-refractivity contribution in [2.45, 2.75) is 19.9 Å². The zero-order valence-corrected chi connectivity index (χ0v) is 12.1. The van der Waals surface area contributed by atoms with Crippen molar-refractivity contribution in [3.05, 3.63) is 35.5 Å². The molecule has 1 aliphatic rings. The monoisotopic (exact) mass is 278 g/mol. The third-order valence-corrected chi connectivity index (χ3v) is 5.86. The lowest BCUT2D eigenvalue weighted by molar-refractivity contribution is 0.388. The summed E-state index contributed by atoms with van der Waals surface area (Å²) in [6.45, 7) is 2.80. The first kappa shape index (κ1) is 12.7. The molecule has 0 fully saturated rings. The summed E-state index contributed by atoms with van der Waals surface area (Å²) in [6.07, 6.45) is 0.791. The van der Waals surface area contributed by atoms with Gasteiger partial charge >= 0.3 is 0 Å². The third kappa shape index (κ3) is 1.88. The summed E-state index contributed by atoms with van der Waals surface area (Å²) in [6, 6.07) is 8.20. The molecular weight excluding hydrogens is 260 g/mol. The number of fused-ring (bicyclic) bond motifs is 3. The lowest BCUT2D eigenvalue weighted by atomic mass is 10.1. The number of rotatable bonds is 2. The number of aromatic nitrogens is 1. The van der Waals surface area contributed by atoms with Crippen LogP contribution in [0.15, 0.2) is 24.3 Å². The molecule has 3 rings (SSSR count). The molecule has 5 heteroatoms. The molecular formula is C14H18N2O2S. The van der Waals surface area contributed by atoms with Crippen molar-refractivity contribution in [3.8, 4) is 0 Å². The smallest absolute Gasteiger partial charge is 0.214 e. The molecule has 1 aromatic heterocycles. The van der Waals surface area contributed by atoms with E-state index in [0.29, 0.717) is 13.1 Å². The number of hydrogen-bond donors (Lipinski definition) is 0. The number of aryl methyl sites for hydroxylation is 1. The molecule has 0 aliphatic carbocycles. The van der Waals surface area contributed by atoms with Gasteiger partial charge in [-0.05, 0) is 18.6 Å². The minimum atomic E-state index is -3.10. The molecule has 4 nitrogen and oxygen atoms in total. The normalized spacial score (nSPS) is 16.7. The van der Waals surface area contributed by atoms with Gasteiger partial charge in [0.2, 0.25) is 10.0 Å². The molecule has 1 aromatic carbocycles. The Balaban J connectivity index is 2.13. The molecule has 0 amide bonds. The molecule has 0 N–H and O–H groups in total. The number of para-hydroxylation sites is 1. The van der Waals surface area contributed by atoms with Gasteiger partial charge in [-0.3, -0.25) is 0 Å². The summed E-state index contributed by atoms with van der Waals surface area (Å²) >= 11 is 0. The number of benzene rings is 1. The maximum Gasteiger partial charge on any atom is 0.214 e. The van der Waals surface area contributed by atoms with E-state index in [1.165, 1.54) is 22.2 Å². The number of hydrogen-bond acceptors (Lipinski definition) is 2. The zero-order chi connectivity index (χ0) is 13.6. The fourth-order valence-corrected chi connectivity index (χ4v) is 3.99. The SMILES string of the molecule is CCS(=O)(=O)N1CCc2c(c3ccccc3n2C)C1. The first-order valence-corrected chi connectivity index (χ1v) is 8.18. The van der Waals surface area contributed by atoms with Gasteiger partial charge in [-0.25, -0.2) is 8.42 Å². The Bertz CT molecular complexity index is 731. The molecule has 0 atom stereocenters. The summed E-state index contributed by atoms with van der Waals surface area (Å²) in [4.78, 5) is 0. The molecule has 0 unspecified atom stereocenters. The molecule has 19 heavy (non-hydrogen) atoms. The molecule has 2 aromatic rings. The van der Waals surface area contributed by atoms with Crippen molar-refractivity contribution in [2.24, 2.45) is 7.05 Å². The summed E-state index contributed by atoms with van der Waals surface area (Å²) in [5, 5.41) is 1.18. The van der Waals surface area contributed by atoms with Gasteiger partial charge in [-0.15, -0.1) is 0 Å². The fourth-order valence-electron chi connectivity index (χ4n) is 2.93. The first-order valence-electron chi connectivity index (χ1n) is 6.57. The van der Waals surface area contributed by atoms with Crippen LogP contribution in [0.3, 0.4) is 0 Å². The quantitative estimate of drug-likeness (QED) is 0.842. The Hall–Kier alpha value is -1.33. The highest BCUT2D eigenvalue weighted by molar-refractivity contribution is 7.89. The van der Waals surface area contributed by atoms with Crippen molar-refractivity contribution in [1.29, 1.82) is 0 Å². The predicted molar refractivity (Wildman–Crippen MR) is 76.5 cm³/mol. The van der Waals surface area contributed by atoms with E-state index in [1.807, 2.05) is 12.1 Å². The van der Waals surface area contributed by atoms with Crippen LogP contribution in [0, 0.1) is 0 Å². The Labute approximate surface area is 113 Å². The van der Waals surface area contributed by atoms with Crippen LogP contribution in [0.25, 0.3) is 10.9 Å². The minimum absolute atomic E-state index is 0.174. The van der Waals surface area contributed by atoms with E-state index in [-0.39, 0.29) is 5.75 Å². The first-order chi connectivity index (χ1) is 9.04. The molecule has 0 saturated heterocycles. The molecule has 0 spiro atoms. The second-order valence-corrected chi connectivity index (χ2v) is 7.24. The number of sulfonamides is 1. The van der Waals surface area contributed by atoms with Gasteiger partial charge < -0.3 is 4.57 Å². The Morgan fingerprint density at radius 2 is 2.00 bits per heavy atom. The standard InChI is InChI=1S/C14H18N2O2S/c1-3-19(17,18)16-9-8-14-12(10-16)11-6-4-5-7-13(11)15(14)2/h4-7H,3,8-10H2,1-2H3. The molecule has 0 bridgehead atoms. The average molecular weight is 278 g/mol. The van der Waals surface area contributed by atoms with Crippen molar-refractivity contribution in [1.82, 2.24) is 8.87 Å². The summed E-state index contributed by atoms with van der Waals surface area (Å²) in [5.74, 6) is 0.174. The Kier molecular flexibility index (Phi) is 2.91. The molecule has 0 radical (unpaired) electrons. The van der Waals surface area contributed by atoms with Crippen LogP contribution >= 0.6 is 0 Å². The van der Waals surface area contributed by atoms with Crippen molar-refractivity contribution < 1.29 is 8.42 Å². The van der Waals surface area contributed by atoms with Gasteiger partial charge in [0.15, 0.2) is 0 Å². The zero-order valence-electron chi connectivity index (χ0n) is 11.3. The highest BCUT2D eigenvalue weighted by Gasteiger charge is 2.28. The van der Waals surface area contributed by atoms with E-state index in [4.69, 9.17) is 0 Å². The number of nitrogens with zero attached hydrogens (tertiary/aromatic N) is 2. The topological polar surface area (TPSA) is 42.3 Å². The maximum absolute atomic E-state index is 12.0. The van der Waals surface area contributed by atoms with Crippen molar-refractivity contribution >= 4 is 20.9 Å². The predicted octanol–water partition coefficient (Wildman–Crippen LogP) is 1.89. The molecule has 0 saturated carbocycles. The van der Waals surface area contributed by atoms with Crippen LogP contribution in [0.5, 0.6) is 0 Å². The maximum atomic E-state index is 12.0. The van der Waals surface area contributed by atoms with E-state index in [9.17, 15) is 8.42 Å². The fraction of sp³-hybridized carbons (Fsp3) is 0.429. The van der Waals surface area contributed by atoms with E-state index in [2.05, 4.69) is 23.7 Å². The van der Waals surface area contributed by atoms with Gasteiger partial charge in [0.05, 0.1) is 5.75 Å². The van der Waals surface area contributed by atoms with Crippen LogP contribution in [0.4, 0.5) is 0 Å². The van der Waals surface area contributed by atoms with E-state index < -0.39 is 10.0 Å². The highest BCUT2D eigenvalue weighted by Crippen LogP contribution is 2.30. The third-order valence-electron chi connectivity index (χ3n) is 4.03. The minimum Gasteiger partial charge on any atom is -0.347 e. The second-order valence-electron chi connectivity index (χ2n) is 4.99. The highest BCUT2D eigenvalue weighted by atomic mass is 32.2. The Morgan fingerprint density at radius 3 is 2.74 bits per heavy atom. The lowest BCUT2D eigenvalue weighted by Crippen LogP contribution is -2.37. The molecule has 2 heterocycles.